The third-order valence-electron chi connectivity index (χ3n) is 5.91. The van der Waals surface area contributed by atoms with E-state index in [2.05, 4.69) is 46.8 Å². The van der Waals surface area contributed by atoms with Crippen molar-refractivity contribution in [2.24, 2.45) is 0 Å². The van der Waals surface area contributed by atoms with Gasteiger partial charge in [-0.1, -0.05) is 24.3 Å². The Morgan fingerprint density at radius 2 is 1.59 bits per heavy atom. The van der Waals surface area contributed by atoms with Crippen molar-refractivity contribution in [2.45, 2.75) is 20.8 Å². The zero-order chi connectivity index (χ0) is 22.5. The highest BCUT2D eigenvalue weighted by Crippen LogP contribution is 2.27. The van der Waals surface area contributed by atoms with Crippen molar-refractivity contribution < 1.29 is 14.3 Å². The zero-order valence-corrected chi connectivity index (χ0v) is 19.0. The van der Waals surface area contributed by atoms with Gasteiger partial charge in [0.15, 0.2) is 11.5 Å². The van der Waals surface area contributed by atoms with Crippen LogP contribution in [0.4, 0.5) is 11.5 Å². The van der Waals surface area contributed by atoms with Crippen LogP contribution in [0.25, 0.3) is 11.0 Å². The van der Waals surface area contributed by atoms with Crippen LogP contribution >= 0.6 is 0 Å². The second-order valence-corrected chi connectivity index (χ2v) is 7.91. The highest BCUT2D eigenvalue weighted by molar-refractivity contribution is 5.95. The predicted octanol–water partition coefficient (Wildman–Crippen LogP) is 3.77. The zero-order valence-electron chi connectivity index (χ0n) is 19.0. The number of rotatable bonds is 7. The molecule has 1 aliphatic rings. The predicted molar refractivity (Wildman–Crippen MR) is 127 cm³/mol. The number of hydrogen-bond acceptors (Lipinski definition) is 7. The lowest BCUT2D eigenvalue weighted by Crippen LogP contribution is -2.47. The first-order valence-electron chi connectivity index (χ1n) is 11.2. The van der Waals surface area contributed by atoms with E-state index >= 15 is 0 Å². The Balaban J connectivity index is 1.56. The average Bonchev–Trinajstić information content (AvgIpc) is 2.83. The monoisotopic (exact) mass is 434 g/mol. The van der Waals surface area contributed by atoms with Gasteiger partial charge in [-0.15, -0.1) is 0 Å². The van der Waals surface area contributed by atoms with Crippen LogP contribution in [-0.2, 0) is 9.47 Å². The lowest BCUT2D eigenvalue weighted by molar-refractivity contribution is 0.0330. The molecule has 1 aliphatic heterocycles. The maximum absolute atomic E-state index is 12.9. The van der Waals surface area contributed by atoms with Crippen molar-refractivity contribution in [3.05, 3.63) is 59.3 Å². The topological polar surface area (TPSA) is 67.8 Å². The summed E-state index contributed by atoms with van der Waals surface area (Å²) >= 11 is 0. The number of ether oxygens (including phenoxy) is 2. The van der Waals surface area contributed by atoms with Crippen LogP contribution in [0.15, 0.2) is 42.5 Å². The number of esters is 1. The van der Waals surface area contributed by atoms with Crippen LogP contribution in [0, 0.1) is 13.8 Å². The molecule has 0 unspecified atom stereocenters. The van der Waals surface area contributed by atoms with E-state index in [4.69, 9.17) is 14.5 Å². The molecule has 3 aromatic rings. The number of para-hydroxylation sites is 2. The van der Waals surface area contributed by atoms with E-state index in [1.54, 1.807) is 0 Å². The maximum atomic E-state index is 12.9. The molecule has 2 heterocycles. The Hall–Kier alpha value is -3.19. The average molecular weight is 435 g/mol. The first-order valence-corrected chi connectivity index (χ1v) is 11.2. The lowest BCUT2D eigenvalue weighted by Gasteiger charge is -2.38. The molecule has 7 nitrogen and oxygen atoms in total. The number of benzene rings is 2. The highest BCUT2D eigenvalue weighted by atomic mass is 16.6. The summed E-state index contributed by atoms with van der Waals surface area (Å²) in [7, 11) is 0. The Bertz CT molecular complexity index is 1090. The molecule has 1 saturated heterocycles. The van der Waals surface area contributed by atoms with Gasteiger partial charge >= 0.3 is 5.97 Å². The largest absolute Gasteiger partial charge is 0.458 e. The molecule has 32 heavy (non-hydrogen) atoms. The van der Waals surface area contributed by atoms with Gasteiger partial charge in [-0.3, -0.25) is 0 Å². The molecule has 7 heteroatoms. The number of carbonyl (C=O) groups is 1. The number of anilines is 2. The number of fused-ring (bicyclic) bond motifs is 1. The molecule has 2 aromatic carbocycles. The lowest BCUT2D eigenvalue weighted by atomic mass is 10.1. The van der Waals surface area contributed by atoms with Crippen LogP contribution in [0.2, 0.25) is 0 Å². The van der Waals surface area contributed by atoms with Gasteiger partial charge in [-0.2, -0.15) is 0 Å². The summed E-state index contributed by atoms with van der Waals surface area (Å²) in [6.07, 6.45) is 0. The number of aryl methyl sites for hydroxylation is 1. The first kappa shape index (κ1) is 22.0. The van der Waals surface area contributed by atoms with Crippen molar-refractivity contribution in [1.82, 2.24) is 9.97 Å². The molecule has 0 radical (unpaired) electrons. The third kappa shape index (κ3) is 4.67. The van der Waals surface area contributed by atoms with Crippen molar-refractivity contribution >= 4 is 28.5 Å². The number of hydrogen-bond donors (Lipinski definition) is 0. The molecule has 0 aliphatic carbocycles. The molecule has 0 saturated carbocycles. The third-order valence-corrected chi connectivity index (χ3v) is 5.91. The van der Waals surface area contributed by atoms with Crippen LogP contribution in [0.5, 0.6) is 0 Å². The normalized spacial score (nSPS) is 14.1. The van der Waals surface area contributed by atoms with E-state index in [1.165, 1.54) is 16.8 Å². The van der Waals surface area contributed by atoms with Gasteiger partial charge < -0.3 is 19.3 Å². The van der Waals surface area contributed by atoms with E-state index in [1.807, 2.05) is 31.2 Å². The van der Waals surface area contributed by atoms with Crippen LogP contribution in [0.3, 0.4) is 0 Å². The fourth-order valence-electron chi connectivity index (χ4n) is 3.99. The summed E-state index contributed by atoms with van der Waals surface area (Å²) < 4.78 is 10.7. The molecule has 0 N–H and O–H groups in total. The van der Waals surface area contributed by atoms with Gasteiger partial charge in [0.25, 0.3) is 0 Å². The fraction of sp³-hybridized carbons (Fsp3) is 0.400. The summed E-state index contributed by atoms with van der Waals surface area (Å²) in [4.78, 5) is 26.8. The minimum absolute atomic E-state index is 0.195. The van der Waals surface area contributed by atoms with Crippen molar-refractivity contribution in [3.8, 4) is 0 Å². The minimum Gasteiger partial charge on any atom is -0.458 e. The maximum Gasteiger partial charge on any atom is 0.360 e. The molecule has 168 valence electrons. The Kier molecular flexibility index (Phi) is 6.85. The van der Waals surface area contributed by atoms with Gasteiger partial charge in [0.05, 0.1) is 17.6 Å². The van der Waals surface area contributed by atoms with Gasteiger partial charge in [-0.25, -0.2) is 14.8 Å². The van der Waals surface area contributed by atoms with Gasteiger partial charge in [-0.05, 0) is 50.1 Å². The fourth-order valence-corrected chi connectivity index (χ4v) is 3.99. The van der Waals surface area contributed by atoms with Gasteiger partial charge in [0, 0.05) is 38.5 Å². The summed E-state index contributed by atoms with van der Waals surface area (Å²) in [6, 6.07) is 14.0. The molecule has 4 rings (SSSR count). The van der Waals surface area contributed by atoms with Gasteiger partial charge in [0.1, 0.15) is 6.61 Å². The number of nitrogens with zero attached hydrogens (tertiary/aromatic N) is 4. The molecule has 0 spiro atoms. The van der Waals surface area contributed by atoms with Crippen molar-refractivity contribution in [3.63, 3.8) is 0 Å². The molecule has 0 bridgehead atoms. The molecular weight excluding hydrogens is 404 g/mol. The Morgan fingerprint density at radius 1 is 0.906 bits per heavy atom. The molecule has 0 atom stereocenters. The van der Waals surface area contributed by atoms with Crippen LogP contribution in [0.1, 0.15) is 28.5 Å². The van der Waals surface area contributed by atoms with E-state index in [0.29, 0.717) is 24.5 Å². The quantitative estimate of drug-likeness (QED) is 0.414. The van der Waals surface area contributed by atoms with E-state index in [-0.39, 0.29) is 12.3 Å². The Morgan fingerprint density at radius 3 is 2.31 bits per heavy atom. The summed E-state index contributed by atoms with van der Waals surface area (Å²) in [5.41, 5.74) is 5.59. The summed E-state index contributed by atoms with van der Waals surface area (Å²) in [5.74, 6) is 0.126. The van der Waals surface area contributed by atoms with E-state index < -0.39 is 5.97 Å². The smallest absolute Gasteiger partial charge is 0.360 e. The van der Waals surface area contributed by atoms with E-state index in [0.717, 1.165) is 31.7 Å². The molecule has 1 aromatic heterocycles. The van der Waals surface area contributed by atoms with Crippen molar-refractivity contribution in [2.75, 3.05) is 55.8 Å². The molecule has 0 amide bonds. The van der Waals surface area contributed by atoms with Crippen molar-refractivity contribution in [1.29, 1.82) is 0 Å². The standard InChI is InChI=1S/C25H30N4O3/c1-4-31-16-17-32-25(30)23-24(27-21-10-6-5-9-20(21)26-23)29-14-12-28(13-15-29)22-11-7-8-18(2)19(22)3/h5-11H,4,12-17H2,1-3H3. The minimum atomic E-state index is -0.463. The Labute approximate surface area is 189 Å². The highest BCUT2D eigenvalue weighted by Gasteiger charge is 2.26. The van der Waals surface area contributed by atoms with E-state index in [9.17, 15) is 4.79 Å². The SMILES string of the molecule is CCOCCOC(=O)c1nc2ccccc2nc1N1CCN(c2cccc(C)c2C)CC1. The number of piperazine rings is 1. The van der Waals surface area contributed by atoms with Crippen LogP contribution < -0.4 is 9.80 Å². The molecular formula is C25H30N4O3. The number of carbonyl (C=O) groups excluding carboxylic acids is 1. The van der Waals surface area contributed by atoms with Crippen LogP contribution in [-0.4, -0.2) is 61.9 Å². The second-order valence-electron chi connectivity index (χ2n) is 7.91. The first-order chi connectivity index (χ1) is 15.6. The van der Waals surface area contributed by atoms with Gasteiger partial charge in [0.2, 0.25) is 0 Å². The molecule has 1 fully saturated rings. The summed E-state index contributed by atoms with van der Waals surface area (Å²) in [6.45, 7) is 10.6. The second kappa shape index (κ2) is 9.96. The number of aromatic nitrogens is 2. The summed E-state index contributed by atoms with van der Waals surface area (Å²) in [5, 5.41) is 0.